The molecule has 1 saturated heterocycles. The normalized spacial score (nSPS) is 16.6. The van der Waals surface area contributed by atoms with E-state index in [1.165, 1.54) is 35.2 Å². The van der Waals surface area contributed by atoms with Gasteiger partial charge in [-0.2, -0.15) is 0 Å². The Balaban J connectivity index is 2.18. The molecule has 1 aliphatic heterocycles. The van der Waals surface area contributed by atoms with Crippen LogP contribution in [0.4, 0.5) is 5.69 Å². The molecule has 2 rings (SSSR count). The Kier molecular flexibility index (Phi) is 5.86. The topological polar surface area (TPSA) is 15.3 Å². The number of hydrogen-bond donors (Lipinski definition) is 1. The fourth-order valence-electron chi connectivity index (χ4n) is 3.26. The van der Waals surface area contributed by atoms with Crippen LogP contribution in [0.1, 0.15) is 43.4 Å². The van der Waals surface area contributed by atoms with Crippen LogP contribution in [0.5, 0.6) is 0 Å². The molecule has 1 fully saturated rings. The monoisotopic (exact) mass is 286 g/mol. The summed E-state index contributed by atoms with van der Waals surface area (Å²) in [6.07, 6.45) is 7.32. The summed E-state index contributed by atoms with van der Waals surface area (Å²) in [5.41, 5.74) is 5.54. The zero-order chi connectivity index (χ0) is 15.2. The smallest absolute Gasteiger partial charge is 0.0371 e. The van der Waals surface area contributed by atoms with Crippen molar-refractivity contribution in [1.82, 2.24) is 5.32 Å². The lowest BCUT2D eigenvalue weighted by Gasteiger charge is -2.23. The molecule has 0 saturated carbocycles. The summed E-state index contributed by atoms with van der Waals surface area (Å²) in [7, 11) is 0. The number of benzene rings is 1. The fraction of sp³-hybridized carbons (Fsp3) is 0.579. The van der Waals surface area contributed by atoms with Crippen LogP contribution in [-0.4, -0.2) is 26.2 Å². The van der Waals surface area contributed by atoms with Gasteiger partial charge in [0.05, 0.1) is 0 Å². The summed E-state index contributed by atoms with van der Waals surface area (Å²) in [6.45, 7) is 13.4. The third-order valence-electron chi connectivity index (χ3n) is 4.63. The van der Waals surface area contributed by atoms with E-state index in [1.54, 1.807) is 0 Å². The van der Waals surface area contributed by atoms with E-state index in [4.69, 9.17) is 0 Å². The van der Waals surface area contributed by atoms with Crippen molar-refractivity contribution in [3.05, 3.63) is 34.9 Å². The SMILES string of the molecule is CCN(CC)c1cc(C)c(/C=C/C2CCNCC2)c(C)c1. The summed E-state index contributed by atoms with van der Waals surface area (Å²) in [5.74, 6) is 0.743. The molecule has 21 heavy (non-hydrogen) atoms. The van der Waals surface area contributed by atoms with E-state index in [-0.39, 0.29) is 0 Å². The van der Waals surface area contributed by atoms with Gasteiger partial charge in [-0.05, 0) is 88.4 Å². The first-order valence-electron chi connectivity index (χ1n) is 8.40. The number of anilines is 1. The van der Waals surface area contributed by atoms with Gasteiger partial charge in [-0.15, -0.1) is 0 Å². The van der Waals surface area contributed by atoms with E-state index in [2.05, 4.69) is 62.2 Å². The highest BCUT2D eigenvalue weighted by Gasteiger charge is 2.11. The number of allylic oxidation sites excluding steroid dienone is 1. The van der Waals surface area contributed by atoms with Gasteiger partial charge < -0.3 is 10.2 Å². The average Bonchev–Trinajstić information content (AvgIpc) is 2.49. The highest BCUT2D eigenvalue weighted by atomic mass is 15.1. The molecule has 0 radical (unpaired) electrons. The lowest BCUT2D eigenvalue weighted by Crippen LogP contribution is -2.26. The highest BCUT2D eigenvalue weighted by Crippen LogP contribution is 2.25. The molecule has 0 spiro atoms. The van der Waals surface area contributed by atoms with Crippen LogP contribution in [0.25, 0.3) is 6.08 Å². The fourth-order valence-corrected chi connectivity index (χ4v) is 3.26. The van der Waals surface area contributed by atoms with Gasteiger partial charge >= 0.3 is 0 Å². The number of nitrogens with one attached hydrogen (secondary N) is 1. The van der Waals surface area contributed by atoms with Gasteiger partial charge in [0.1, 0.15) is 0 Å². The summed E-state index contributed by atoms with van der Waals surface area (Å²) in [6, 6.07) is 4.67. The van der Waals surface area contributed by atoms with E-state index in [1.807, 2.05) is 0 Å². The van der Waals surface area contributed by atoms with Crippen LogP contribution in [0.15, 0.2) is 18.2 Å². The van der Waals surface area contributed by atoms with Crippen molar-refractivity contribution in [1.29, 1.82) is 0 Å². The molecule has 116 valence electrons. The Labute approximate surface area is 130 Å². The average molecular weight is 286 g/mol. The number of piperidine rings is 1. The number of aryl methyl sites for hydroxylation is 2. The standard InChI is InChI=1S/C19H30N2/c1-5-21(6-2)18-13-15(3)19(16(4)14-18)8-7-17-9-11-20-12-10-17/h7-8,13-14,17,20H,5-6,9-12H2,1-4H3/b8-7+. The van der Waals surface area contributed by atoms with E-state index in [9.17, 15) is 0 Å². The van der Waals surface area contributed by atoms with Gasteiger partial charge in [0.25, 0.3) is 0 Å². The summed E-state index contributed by atoms with van der Waals surface area (Å²) < 4.78 is 0. The predicted molar refractivity (Wildman–Crippen MR) is 94.1 cm³/mol. The molecule has 0 unspecified atom stereocenters. The molecule has 2 nitrogen and oxygen atoms in total. The molecule has 1 heterocycles. The molecule has 1 aromatic carbocycles. The summed E-state index contributed by atoms with van der Waals surface area (Å²) in [4.78, 5) is 2.42. The maximum Gasteiger partial charge on any atom is 0.0371 e. The number of nitrogens with zero attached hydrogens (tertiary/aromatic N) is 1. The van der Waals surface area contributed by atoms with Gasteiger partial charge in [-0.1, -0.05) is 12.2 Å². The van der Waals surface area contributed by atoms with Gasteiger partial charge in [-0.3, -0.25) is 0 Å². The second-order valence-electron chi connectivity index (χ2n) is 6.11. The molecular weight excluding hydrogens is 256 g/mol. The zero-order valence-electron chi connectivity index (χ0n) is 14.1. The second-order valence-corrected chi connectivity index (χ2v) is 6.11. The lowest BCUT2D eigenvalue weighted by molar-refractivity contribution is 0.438. The van der Waals surface area contributed by atoms with Gasteiger partial charge in [0, 0.05) is 18.8 Å². The van der Waals surface area contributed by atoms with Crippen molar-refractivity contribution in [2.24, 2.45) is 5.92 Å². The molecule has 0 atom stereocenters. The van der Waals surface area contributed by atoms with Crippen molar-refractivity contribution < 1.29 is 0 Å². The third kappa shape index (κ3) is 4.10. The zero-order valence-corrected chi connectivity index (χ0v) is 14.1. The summed E-state index contributed by atoms with van der Waals surface area (Å²) in [5, 5.41) is 3.43. The first-order valence-corrected chi connectivity index (χ1v) is 8.40. The predicted octanol–water partition coefficient (Wildman–Crippen LogP) is 4.16. The van der Waals surface area contributed by atoms with E-state index >= 15 is 0 Å². The maximum absolute atomic E-state index is 3.43. The molecule has 1 aromatic rings. The molecular formula is C19H30N2. The van der Waals surface area contributed by atoms with Gasteiger partial charge in [-0.25, -0.2) is 0 Å². The lowest BCUT2D eigenvalue weighted by atomic mass is 9.94. The van der Waals surface area contributed by atoms with Crippen LogP contribution in [0.3, 0.4) is 0 Å². The maximum atomic E-state index is 3.43. The van der Waals surface area contributed by atoms with Gasteiger partial charge in [0.2, 0.25) is 0 Å². The Bertz CT molecular complexity index is 457. The largest absolute Gasteiger partial charge is 0.372 e. The van der Waals surface area contributed by atoms with E-state index in [0.29, 0.717) is 0 Å². The first-order chi connectivity index (χ1) is 10.2. The highest BCUT2D eigenvalue weighted by molar-refractivity contribution is 5.64. The van der Waals surface area contributed by atoms with Crippen molar-refractivity contribution in [3.8, 4) is 0 Å². The van der Waals surface area contributed by atoms with Crippen molar-refractivity contribution in [3.63, 3.8) is 0 Å². The van der Waals surface area contributed by atoms with Crippen LogP contribution in [0, 0.1) is 19.8 Å². The van der Waals surface area contributed by atoms with Gasteiger partial charge in [0.15, 0.2) is 0 Å². The molecule has 0 bridgehead atoms. The van der Waals surface area contributed by atoms with Crippen LogP contribution >= 0.6 is 0 Å². The Morgan fingerprint density at radius 3 is 2.19 bits per heavy atom. The molecule has 0 aromatic heterocycles. The minimum absolute atomic E-state index is 0.743. The molecule has 2 heteroatoms. The van der Waals surface area contributed by atoms with Crippen LogP contribution < -0.4 is 10.2 Å². The van der Waals surface area contributed by atoms with Crippen molar-refractivity contribution in [2.45, 2.75) is 40.5 Å². The molecule has 1 N–H and O–H groups in total. The molecule has 1 aliphatic rings. The van der Waals surface area contributed by atoms with Crippen molar-refractivity contribution >= 4 is 11.8 Å². The Morgan fingerprint density at radius 2 is 1.67 bits per heavy atom. The summed E-state index contributed by atoms with van der Waals surface area (Å²) >= 11 is 0. The van der Waals surface area contributed by atoms with E-state index < -0.39 is 0 Å². The van der Waals surface area contributed by atoms with Crippen molar-refractivity contribution in [2.75, 3.05) is 31.1 Å². The van der Waals surface area contributed by atoms with E-state index in [0.717, 1.165) is 32.1 Å². The Hall–Kier alpha value is -1.28. The molecule has 0 amide bonds. The molecule has 0 aliphatic carbocycles. The number of rotatable bonds is 5. The quantitative estimate of drug-likeness (QED) is 0.874. The number of hydrogen-bond acceptors (Lipinski definition) is 2. The Morgan fingerprint density at radius 1 is 1.10 bits per heavy atom. The van der Waals surface area contributed by atoms with Crippen LogP contribution in [0.2, 0.25) is 0 Å². The first kappa shape index (κ1) is 16.1. The van der Waals surface area contributed by atoms with Crippen LogP contribution in [-0.2, 0) is 0 Å². The third-order valence-corrected chi connectivity index (χ3v) is 4.63. The second kappa shape index (κ2) is 7.65. The minimum Gasteiger partial charge on any atom is -0.372 e. The minimum atomic E-state index is 0.743.